The Morgan fingerprint density at radius 2 is 1.89 bits per heavy atom. The van der Waals surface area contributed by atoms with E-state index in [0.717, 1.165) is 17.0 Å². The Bertz CT molecular complexity index is 1000. The summed E-state index contributed by atoms with van der Waals surface area (Å²) >= 11 is 0. The molecule has 1 amide bonds. The van der Waals surface area contributed by atoms with E-state index in [4.69, 9.17) is 9.84 Å². The number of benzene rings is 1. The summed E-state index contributed by atoms with van der Waals surface area (Å²) < 4.78 is 8.83. The van der Waals surface area contributed by atoms with E-state index in [1.165, 1.54) is 0 Å². The average Bonchev–Trinajstić information content (AvgIpc) is 3.20. The molecule has 3 rings (SSSR count). The number of hydrogen-bond donors (Lipinski definition) is 2. The minimum Gasteiger partial charge on any atom is -0.482 e. The number of carboxylic acids is 1. The lowest BCUT2D eigenvalue weighted by molar-refractivity contribution is -0.139. The van der Waals surface area contributed by atoms with Gasteiger partial charge in [0.2, 0.25) is 0 Å². The van der Waals surface area contributed by atoms with Crippen molar-refractivity contribution in [1.29, 1.82) is 0 Å². The molecule has 0 radical (unpaired) electrons. The van der Waals surface area contributed by atoms with Crippen molar-refractivity contribution >= 4 is 11.9 Å². The highest BCUT2D eigenvalue weighted by molar-refractivity contribution is 5.97. The van der Waals surface area contributed by atoms with Gasteiger partial charge in [0.15, 0.2) is 6.61 Å². The number of nitrogens with one attached hydrogen (secondary N) is 1. The van der Waals surface area contributed by atoms with E-state index < -0.39 is 12.6 Å². The van der Waals surface area contributed by atoms with Gasteiger partial charge in [-0.25, -0.2) is 4.79 Å². The second kappa shape index (κ2) is 7.99. The Morgan fingerprint density at radius 1 is 1.18 bits per heavy atom. The number of carboxylic acid groups (broad SMARTS) is 1. The van der Waals surface area contributed by atoms with Crippen LogP contribution in [0.5, 0.6) is 5.75 Å². The Hall–Kier alpha value is -3.55. The monoisotopic (exact) mass is 382 g/mol. The molecule has 8 nitrogen and oxygen atoms in total. The molecule has 0 saturated heterocycles. The van der Waals surface area contributed by atoms with Crippen LogP contribution in [0.2, 0.25) is 0 Å². The third kappa shape index (κ3) is 4.06. The van der Waals surface area contributed by atoms with Gasteiger partial charge in [-0.3, -0.25) is 9.48 Å². The second-order valence-electron chi connectivity index (χ2n) is 6.47. The topological polar surface area (TPSA) is 98.4 Å². The summed E-state index contributed by atoms with van der Waals surface area (Å²) in [6.45, 7) is 3.82. The zero-order valence-electron chi connectivity index (χ0n) is 16.0. The molecule has 0 unspecified atom stereocenters. The first kappa shape index (κ1) is 19.2. The number of carbonyl (C=O) groups is 2. The summed E-state index contributed by atoms with van der Waals surface area (Å²) in [5.74, 6) is -0.142. The number of nitrogens with zero attached hydrogens (tertiary/aromatic N) is 3. The fourth-order valence-electron chi connectivity index (χ4n) is 3.03. The Labute approximate surface area is 162 Å². The van der Waals surface area contributed by atoms with Crippen molar-refractivity contribution in [3.63, 3.8) is 0 Å². The largest absolute Gasteiger partial charge is 0.482 e. The average molecular weight is 382 g/mol. The second-order valence-corrected chi connectivity index (χ2v) is 6.47. The van der Waals surface area contributed by atoms with E-state index in [0.29, 0.717) is 17.1 Å². The van der Waals surface area contributed by atoms with Crippen LogP contribution in [0.1, 0.15) is 27.3 Å². The van der Waals surface area contributed by atoms with Crippen LogP contribution in [0.3, 0.4) is 0 Å². The van der Waals surface area contributed by atoms with Crippen molar-refractivity contribution in [3.8, 4) is 11.6 Å². The first-order valence-electron chi connectivity index (χ1n) is 8.76. The van der Waals surface area contributed by atoms with Crippen LogP contribution >= 0.6 is 0 Å². The molecule has 1 aromatic carbocycles. The van der Waals surface area contributed by atoms with Gasteiger partial charge in [-0.2, -0.15) is 5.10 Å². The molecule has 0 bridgehead atoms. The predicted molar refractivity (Wildman–Crippen MR) is 103 cm³/mol. The number of rotatable bonds is 7. The first-order chi connectivity index (χ1) is 13.4. The lowest BCUT2D eigenvalue weighted by atomic mass is 10.2. The van der Waals surface area contributed by atoms with Crippen molar-refractivity contribution in [2.45, 2.75) is 20.4 Å². The van der Waals surface area contributed by atoms with Crippen LogP contribution in [0, 0.1) is 13.8 Å². The van der Waals surface area contributed by atoms with E-state index in [1.807, 2.05) is 36.6 Å². The maximum absolute atomic E-state index is 12.8. The predicted octanol–water partition coefficient (Wildman–Crippen LogP) is 2.22. The van der Waals surface area contributed by atoms with Gasteiger partial charge in [-0.05, 0) is 43.7 Å². The highest BCUT2D eigenvalue weighted by Gasteiger charge is 2.19. The van der Waals surface area contributed by atoms with Crippen LogP contribution < -0.4 is 10.1 Å². The molecule has 8 heteroatoms. The molecule has 2 N–H and O–H groups in total. The Balaban J connectivity index is 1.75. The zero-order valence-corrected chi connectivity index (χ0v) is 16.0. The van der Waals surface area contributed by atoms with Crippen molar-refractivity contribution in [2.24, 2.45) is 7.05 Å². The molecule has 0 aliphatic rings. The van der Waals surface area contributed by atoms with Gasteiger partial charge in [0.05, 0.1) is 6.20 Å². The van der Waals surface area contributed by atoms with Gasteiger partial charge in [0.25, 0.3) is 5.91 Å². The molecule has 2 heterocycles. The van der Waals surface area contributed by atoms with Crippen LogP contribution in [-0.4, -0.2) is 37.9 Å². The summed E-state index contributed by atoms with van der Waals surface area (Å²) in [6.07, 6.45) is 1.55. The number of carbonyl (C=O) groups excluding carboxylic acids is 1. The van der Waals surface area contributed by atoms with Gasteiger partial charge in [-0.15, -0.1) is 0 Å². The number of aryl methyl sites for hydroxylation is 3. The minimum absolute atomic E-state index is 0.243. The summed E-state index contributed by atoms with van der Waals surface area (Å²) in [5.41, 5.74) is 3.30. The molecule has 0 saturated carbocycles. The van der Waals surface area contributed by atoms with E-state index in [-0.39, 0.29) is 12.5 Å². The van der Waals surface area contributed by atoms with Crippen molar-refractivity contribution in [3.05, 3.63) is 65.1 Å². The molecule has 0 aliphatic heterocycles. The summed E-state index contributed by atoms with van der Waals surface area (Å²) in [5, 5.41) is 15.8. The fraction of sp³-hybridized carbons (Fsp3) is 0.250. The van der Waals surface area contributed by atoms with Crippen molar-refractivity contribution < 1.29 is 19.4 Å². The maximum atomic E-state index is 12.8. The third-order valence-electron chi connectivity index (χ3n) is 4.35. The van der Waals surface area contributed by atoms with Gasteiger partial charge in [0.1, 0.15) is 17.1 Å². The Kier molecular flexibility index (Phi) is 5.49. The lowest BCUT2D eigenvalue weighted by Crippen LogP contribution is -2.24. The van der Waals surface area contributed by atoms with Gasteiger partial charge in [0, 0.05) is 25.0 Å². The van der Waals surface area contributed by atoms with Crippen molar-refractivity contribution in [2.75, 3.05) is 6.61 Å². The molecular formula is C20H22N4O4. The zero-order chi connectivity index (χ0) is 20.3. The molecule has 0 aliphatic carbocycles. The lowest BCUT2D eigenvalue weighted by Gasteiger charge is -2.13. The molecule has 0 atom stereocenters. The van der Waals surface area contributed by atoms with Gasteiger partial charge in [-0.1, -0.05) is 12.1 Å². The SMILES string of the molecule is Cc1ccc(C)n1-c1c(C(=O)NCc2cccc(OCC(=O)O)c2)cnn1C. The first-order valence-corrected chi connectivity index (χ1v) is 8.76. The van der Waals surface area contributed by atoms with Crippen LogP contribution in [0.4, 0.5) is 0 Å². The molecule has 28 heavy (non-hydrogen) atoms. The van der Waals surface area contributed by atoms with Crippen molar-refractivity contribution in [1.82, 2.24) is 19.7 Å². The number of aromatic nitrogens is 3. The standard InChI is InChI=1S/C20H22N4O4/c1-13-7-8-14(2)24(13)20-17(11-22-23(20)3)19(27)21-10-15-5-4-6-16(9-15)28-12-18(25)26/h4-9,11H,10,12H2,1-3H3,(H,21,27)(H,25,26). The third-order valence-corrected chi connectivity index (χ3v) is 4.35. The summed E-state index contributed by atoms with van der Waals surface area (Å²) in [7, 11) is 1.80. The number of hydrogen-bond acceptors (Lipinski definition) is 4. The highest BCUT2D eigenvalue weighted by atomic mass is 16.5. The number of amides is 1. The summed E-state index contributed by atoms with van der Waals surface area (Å²) in [6, 6.07) is 10.9. The minimum atomic E-state index is -1.04. The molecular weight excluding hydrogens is 360 g/mol. The molecule has 146 valence electrons. The number of aliphatic carboxylic acids is 1. The highest BCUT2D eigenvalue weighted by Crippen LogP contribution is 2.20. The molecule has 0 spiro atoms. The molecule has 0 fully saturated rings. The van der Waals surface area contributed by atoms with E-state index in [1.54, 1.807) is 36.1 Å². The van der Waals surface area contributed by atoms with Gasteiger partial charge >= 0.3 is 5.97 Å². The summed E-state index contributed by atoms with van der Waals surface area (Å²) in [4.78, 5) is 23.4. The van der Waals surface area contributed by atoms with E-state index in [2.05, 4.69) is 10.4 Å². The fourth-order valence-corrected chi connectivity index (χ4v) is 3.03. The quantitative estimate of drug-likeness (QED) is 0.653. The van der Waals surface area contributed by atoms with Gasteiger partial charge < -0.3 is 19.7 Å². The van der Waals surface area contributed by atoms with Crippen LogP contribution in [0.15, 0.2) is 42.6 Å². The van der Waals surface area contributed by atoms with E-state index in [9.17, 15) is 9.59 Å². The normalized spacial score (nSPS) is 10.7. The van der Waals surface area contributed by atoms with Crippen LogP contribution in [-0.2, 0) is 18.4 Å². The molecule has 3 aromatic rings. The van der Waals surface area contributed by atoms with Crippen LogP contribution in [0.25, 0.3) is 5.82 Å². The molecule has 2 aromatic heterocycles. The number of ether oxygens (including phenoxy) is 1. The Morgan fingerprint density at radius 3 is 2.57 bits per heavy atom. The maximum Gasteiger partial charge on any atom is 0.341 e. The van der Waals surface area contributed by atoms with E-state index >= 15 is 0 Å². The smallest absolute Gasteiger partial charge is 0.341 e.